The van der Waals surface area contributed by atoms with Crippen LogP contribution in [-0.4, -0.2) is 58.4 Å². The fourth-order valence-electron chi connectivity index (χ4n) is 4.51. The van der Waals surface area contributed by atoms with Crippen molar-refractivity contribution in [3.05, 3.63) is 108 Å². The second kappa shape index (κ2) is 13.2. The molecule has 2 atom stereocenters. The highest BCUT2D eigenvalue weighted by molar-refractivity contribution is 5.93. The van der Waals surface area contributed by atoms with Crippen molar-refractivity contribution in [3.8, 4) is 0 Å². The first-order chi connectivity index (χ1) is 20.0. The van der Waals surface area contributed by atoms with Crippen LogP contribution in [0.3, 0.4) is 0 Å². The zero-order valence-electron chi connectivity index (χ0n) is 24.2. The van der Waals surface area contributed by atoms with E-state index in [9.17, 15) is 14.4 Å². The van der Waals surface area contributed by atoms with E-state index in [0.717, 1.165) is 21.9 Å². The van der Waals surface area contributed by atoms with Crippen LogP contribution in [0.5, 0.6) is 0 Å². The number of nitrogens with zero attached hydrogens (tertiary/aromatic N) is 3. The Morgan fingerprint density at radius 3 is 2.36 bits per heavy atom. The summed E-state index contributed by atoms with van der Waals surface area (Å²) in [6.45, 7) is 3.54. The predicted octanol–water partition coefficient (Wildman–Crippen LogP) is 3.35. The van der Waals surface area contributed by atoms with Gasteiger partial charge in [-0.2, -0.15) is 4.98 Å². The lowest BCUT2D eigenvalue weighted by molar-refractivity contribution is -0.137. The molecule has 0 fully saturated rings. The minimum absolute atomic E-state index is 0.105. The second-order valence-electron chi connectivity index (χ2n) is 10.8. The Balaban J connectivity index is 1.67. The summed E-state index contributed by atoms with van der Waals surface area (Å²) in [4.78, 5) is 45.0. The molecule has 1 heterocycles. The molecule has 1 aromatic heterocycles. The van der Waals surface area contributed by atoms with E-state index in [4.69, 9.17) is 10.3 Å². The zero-order chi connectivity index (χ0) is 30.3. The number of fused-ring (bicyclic) bond motifs is 1. The van der Waals surface area contributed by atoms with Crippen molar-refractivity contribution in [2.75, 3.05) is 14.1 Å². The Morgan fingerprint density at radius 2 is 1.67 bits per heavy atom. The average molecular weight is 569 g/mol. The molecule has 1 unspecified atom stereocenters. The molecule has 10 heteroatoms. The number of carbonyl (C=O) groups is 3. The highest BCUT2D eigenvalue weighted by Gasteiger charge is 2.33. The molecule has 0 aliphatic carbocycles. The van der Waals surface area contributed by atoms with E-state index in [1.54, 1.807) is 27.0 Å². The second-order valence-corrected chi connectivity index (χ2v) is 10.8. The lowest BCUT2D eigenvalue weighted by Crippen LogP contribution is -2.49. The van der Waals surface area contributed by atoms with E-state index in [0.29, 0.717) is 6.42 Å². The molecule has 3 aromatic carbocycles. The summed E-state index contributed by atoms with van der Waals surface area (Å²) in [5.74, 6) is -1.35. The van der Waals surface area contributed by atoms with Crippen LogP contribution in [0.15, 0.2) is 89.5 Å². The Kier molecular flexibility index (Phi) is 9.49. The number of nitrogens with one attached hydrogen (secondary N) is 2. The number of likely N-dealkylation sites (N-methyl/N-ethyl adjacent to an activating group) is 1. The molecule has 4 N–H and O–H groups in total. The smallest absolute Gasteiger partial charge is 0.292 e. The maximum atomic E-state index is 14.1. The van der Waals surface area contributed by atoms with Gasteiger partial charge in [0, 0.05) is 38.6 Å². The van der Waals surface area contributed by atoms with E-state index >= 15 is 0 Å². The van der Waals surface area contributed by atoms with E-state index in [-0.39, 0.29) is 24.0 Å². The van der Waals surface area contributed by atoms with E-state index in [1.165, 1.54) is 18.0 Å². The maximum Gasteiger partial charge on any atom is 0.292 e. The van der Waals surface area contributed by atoms with Gasteiger partial charge in [0.2, 0.25) is 17.7 Å². The van der Waals surface area contributed by atoms with E-state index < -0.39 is 29.4 Å². The molecule has 0 aliphatic rings. The number of hydrogen-bond donors (Lipinski definition) is 3. The first-order valence-electron chi connectivity index (χ1n) is 13.7. The summed E-state index contributed by atoms with van der Waals surface area (Å²) in [6, 6.07) is 21.8. The molecule has 3 amide bonds. The highest BCUT2D eigenvalue weighted by Crippen LogP contribution is 2.25. The largest absolute Gasteiger partial charge is 0.352 e. The van der Waals surface area contributed by atoms with Gasteiger partial charge in [0.15, 0.2) is 0 Å². The van der Waals surface area contributed by atoms with Crippen molar-refractivity contribution in [2.45, 2.75) is 44.3 Å². The van der Waals surface area contributed by atoms with E-state index in [1.807, 2.05) is 72.8 Å². The Bertz CT molecular complexity index is 1570. The van der Waals surface area contributed by atoms with Gasteiger partial charge in [0.25, 0.3) is 11.7 Å². The van der Waals surface area contributed by atoms with Gasteiger partial charge >= 0.3 is 0 Å². The number of benzene rings is 3. The molecule has 0 saturated carbocycles. The van der Waals surface area contributed by atoms with Crippen LogP contribution < -0.4 is 16.4 Å². The lowest BCUT2D eigenvalue weighted by Gasteiger charge is -2.30. The summed E-state index contributed by atoms with van der Waals surface area (Å²) in [5.41, 5.74) is 7.11. The fourth-order valence-corrected chi connectivity index (χ4v) is 4.51. The normalized spacial score (nSPS) is 13.1. The number of hydrogen-bond acceptors (Lipinski definition) is 7. The molecular weight excluding hydrogens is 532 g/mol. The van der Waals surface area contributed by atoms with Crippen molar-refractivity contribution in [1.82, 2.24) is 25.7 Å². The predicted molar refractivity (Wildman–Crippen MR) is 160 cm³/mol. The van der Waals surface area contributed by atoms with Crippen LogP contribution in [0.2, 0.25) is 0 Å². The first kappa shape index (κ1) is 30.1. The van der Waals surface area contributed by atoms with Crippen LogP contribution >= 0.6 is 0 Å². The molecule has 0 spiro atoms. The van der Waals surface area contributed by atoms with Gasteiger partial charge in [-0.05, 0) is 35.7 Å². The summed E-state index contributed by atoms with van der Waals surface area (Å²) < 4.78 is 5.47. The summed E-state index contributed by atoms with van der Waals surface area (Å²) in [6.07, 6.45) is 3.51. The Hall–Kier alpha value is -4.83. The number of carbonyl (C=O) groups excluding carboxylic acids is 3. The van der Waals surface area contributed by atoms with Gasteiger partial charge in [-0.1, -0.05) is 84.0 Å². The lowest BCUT2D eigenvalue weighted by atomic mass is 9.99. The maximum absolute atomic E-state index is 14.1. The number of amides is 3. The highest BCUT2D eigenvalue weighted by atomic mass is 16.5. The first-order valence-corrected chi connectivity index (χ1v) is 13.7. The van der Waals surface area contributed by atoms with Gasteiger partial charge in [-0.15, -0.1) is 0 Å². The number of aromatic nitrogens is 2. The molecule has 4 aromatic rings. The number of nitrogens with two attached hydrogens (primary N) is 1. The molecule has 218 valence electrons. The van der Waals surface area contributed by atoms with Crippen LogP contribution in [-0.2, 0) is 22.4 Å². The number of rotatable bonds is 11. The molecule has 0 bridgehead atoms. The van der Waals surface area contributed by atoms with Crippen LogP contribution in [0, 0.1) is 0 Å². The molecule has 0 saturated heterocycles. The average Bonchev–Trinajstić information content (AvgIpc) is 3.47. The third-order valence-electron chi connectivity index (χ3n) is 6.78. The quantitative estimate of drug-likeness (QED) is 0.236. The molecule has 0 aliphatic heterocycles. The molecule has 10 nitrogen and oxygen atoms in total. The standard InChI is InChI=1S/C32H36N6O4/c1-32(2,33)17-16-27(39)35-25(19-22-14-15-23-12-8-9-13-24(23)18-22)31(41)38(4)26(20-21-10-6-5-7-11-21)30-36-28(37-42-30)29(40)34-3/h5-18,25-26H,19-20,33H2,1-4H3,(H,34,40)(H,35,39)/b17-16+/t25-,26?/m1/s1. The Morgan fingerprint density at radius 1 is 0.976 bits per heavy atom. The Labute approximate surface area is 245 Å². The third-order valence-corrected chi connectivity index (χ3v) is 6.78. The van der Waals surface area contributed by atoms with Crippen molar-refractivity contribution in [3.63, 3.8) is 0 Å². The van der Waals surface area contributed by atoms with Crippen molar-refractivity contribution in [1.29, 1.82) is 0 Å². The van der Waals surface area contributed by atoms with Gasteiger partial charge in [-0.3, -0.25) is 14.4 Å². The summed E-state index contributed by atoms with van der Waals surface area (Å²) >= 11 is 0. The van der Waals surface area contributed by atoms with Gasteiger partial charge in [-0.25, -0.2) is 0 Å². The van der Waals surface area contributed by atoms with Crippen molar-refractivity contribution < 1.29 is 18.9 Å². The molecule has 42 heavy (non-hydrogen) atoms. The van der Waals surface area contributed by atoms with Crippen LogP contribution in [0.1, 0.15) is 47.5 Å². The summed E-state index contributed by atoms with van der Waals surface area (Å²) in [7, 11) is 3.09. The van der Waals surface area contributed by atoms with Crippen LogP contribution in [0.4, 0.5) is 0 Å². The van der Waals surface area contributed by atoms with Gasteiger partial charge in [0.1, 0.15) is 12.1 Å². The minimum atomic E-state index is -0.922. The van der Waals surface area contributed by atoms with Gasteiger partial charge in [0.05, 0.1) is 0 Å². The summed E-state index contributed by atoms with van der Waals surface area (Å²) in [5, 5.41) is 11.2. The van der Waals surface area contributed by atoms with Crippen LogP contribution in [0.25, 0.3) is 10.8 Å². The topological polar surface area (TPSA) is 143 Å². The van der Waals surface area contributed by atoms with Crippen molar-refractivity contribution >= 4 is 28.5 Å². The zero-order valence-corrected chi connectivity index (χ0v) is 24.2. The molecule has 4 rings (SSSR count). The van der Waals surface area contributed by atoms with Crippen molar-refractivity contribution in [2.24, 2.45) is 5.73 Å². The SMILES string of the molecule is CNC(=O)c1noc(C(Cc2ccccc2)N(C)C(=O)[C@@H](Cc2ccc3ccccc3c2)NC(=O)/C=C/C(C)(C)N)n1. The van der Waals surface area contributed by atoms with E-state index in [2.05, 4.69) is 20.8 Å². The fraction of sp³-hybridized carbons (Fsp3) is 0.281. The third kappa shape index (κ3) is 7.88. The monoisotopic (exact) mass is 568 g/mol. The van der Waals surface area contributed by atoms with Gasteiger partial charge < -0.3 is 25.8 Å². The minimum Gasteiger partial charge on any atom is -0.352 e. The molecule has 0 radical (unpaired) electrons. The molecular formula is C32H36N6O4.